The maximum atomic E-state index is 5.97. The molecule has 1 aromatic rings. The minimum absolute atomic E-state index is 0.310. The Bertz CT molecular complexity index is 337. The number of aromatic nitrogens is 2. The molecule has 0 aliphatic rings. The molecule has 3 nitrogen and oxygen atoms in total. The van der Waals surface area contributed by atoms with Gasteiger partial charge in [-0.25, -0.2) is 0 Å². The Morgan fingerprint density at radius 1 is 1.33 bits per heavy atom. The van der Waals surface area contributed by atoms with Crippen LogP contribution in [0.1, 0.15) is 45.4 Å². The molecular weight excluding hydrogens is 186 g/mol. The van der Waals surface area contributed by atoms with Gasteiger partial charge in [0, 0.05) is 12.6 Å². The third-order valence-corrected chi connectivity index (χ3v) is 3.23. The summed E-state index contributed by atoms with van der Waals surface area (Å²) in [5.41, 5.74) is 8.68. The maximum absolute atomic E-state index is 5.97. The Kier molecular flexibility index (Phi) is 3.42. The predicted molar refractivity (Wildman–Crippen MR) is 64.8 cm³/mol. The largest absolute Gasteiger partial charge is 0.384 e. The molecule has 0 aromatic carbocycles. The molecule has 0 spiro atoms. The zero-order valence-corrected chi connectivity index (χ0v) is 10.6. The molecule has 2 N–H and O–H groups in total. The Balaban J connectivity index is 3.00. The van der Waals surface area contributed by atoms with Crippen molar-refractivity contribution in [1.82, 2.24) is 9.78 Å². The number of aryl methyl sites for hydroxylation is 1. The highest BCUT2D eigenvalue weighted by Crippen LogP contribution is 2.28. The molecule has 0 unspecified atom stereocenters. The first kappa shape index (κ1) is 12.1. The molecule has 1 aromatic heterocycles. The molecule has 0 aliphatic heterocycles. The number of anilines is 1. The average Bonchev–Trinajstić information content (AvgIpc) is 2.42. The first-order chi connectivity index (χ1) is 6.91. The lowest BCUT2D eigenvalue weighted by Gasteiger charge is -2.21. The number of nitrogens with zero attached hydrogens (tertiary/aromatic N) is 2. The van der Waals surface area contributed by atoms with Crippen molar-refractivity contribution < 1.29 is 0 Å². The molecule has 1 heterocycles. The molecule has 0 bridgehead atoms. The van der Waals surface area contributed by atoms with Crippen LogP contribution in [0, 0.1) is 5.41 Å². The highest BCUT2D eigenvalue weighted by Gasteiger charge is 2.21. The van der Waals surface area contributed by atoms with Crippen LogP contribution in [0.15, 0.2) is 0 Å². The molecular formula is C12H23N3. The summed E-state index contributed by atoms with van der Waals surface area (Å²) < 4.78 is 1.79. The van der Waals surface area contributed by atoms with Crippen LogP contribution in [0.2, 0.25) is 0 Å². The molecule has 1 rings (SSSR count). The van der Waals surface area contributed by atoms with E-state index in [2.05, 4.69) is 32.8 Å². The second kappa shape index (κ2) is 4.25. The van der Waals surface area contributed by atoms with Gasteiger partial charge in [0.15, 0.2) is 0 Å². The summed E-state index contributed by atoms with van der Waals surface area (Å²) in [4.78, 5) is 0. The van der Waals surface area contributed by atoms with Crippen LogP contribution in [-0.4, -0.2) is 9.78 Å². The van der Waals surface area contributed by atoms with E-state index in [-0.39, 0.29) is 0 Å². The van der Waals surface area contributed by atoms with E-state index < -0.39 is 0 Å². The zero-order chi connectivity index (χ0) is 11.6. The summed E-state index contributed by atoms with van der Waals surface area (Å²) in [5.74, 6) is 0.819. The van der Waals surface area contributed by atoms with Gasteiger partial charge in [-0.3, -0.25) is 4.68 Å². The zero-order valence-electron chi connectivity index (χ0n) is 10.6. The molecule has 86 valence electrons. The van der Waals surface area contributed by atoms with Crippen LogP contribution in [0.5, 0.6) is 0 Å². The van der Waals surface area contributed by atoms with Gasteiger partial charge in [0.2, 0.25) is 0 Å². The van der Waals surface area contributed by atoms with E-state index in [9.17, 15) is 0 Å². The van der Waals surface area contributed by atoms with E-state index in [0.717, 1.165) is 25.1 Å². The van der Waals surface area contributed by atoms with Gasteiger partial charge < -0.3 is 5.73 Å². The lowest BCUT2D eigenvalue weighted by atomic mass is 9.84. The summed E-state index contributed by atoms with van der Waals surface area (Å²) in [7, 11) is 1.91. The third-order valence-electron chi connectivity index (χ3n) is 3.23. The topological polar surface area (TPSA) is 43.8 Å². The van der Waals surface area contributed by atoms with Gasteiger partial charge in [0.25, 0.3) is 0 Å². The van der Waals surface area contributed by atoms with E-state index in [1.807, 2.05) is 7.05 Å². The van der Waals surface area contributed by atoms with E-state index in [0.29, 0.717) is 5.41 Å². The van der Waals surface area contributed by atoms with Gasteiger partial charge in [0.05, 0.1) is 5.69 Å². The minimum atomic E-state index is 0.310. The number of rotatable bonds is 4. The van der Waals surface area contributed by atoms with Crippen molar-refractivity contribution in [2.24, 2.45) is 12.5 Å². The van der Waals surface area contributed by atoms with E-state index in [4.69, 9.17) is 5.73 Å². The smallest absolute Gasteiger partial charge is 0.124 e. The highest BCUT2D eigenvalue weighted by molar-refractivity contribution is 5.43. The van der Waals surface area contributed by atoms with E-state index in [1.54, 1.807) is 4.68 Å². The molecule has 15 heavy (non-hydrogen) atoms. The Labute approximate surface area is 92.7 Å². The van der Waals surface area contributed by atoms with Crippen LogP contribution in [0.25, 0.3) is 0 Å². The quantitative estimate of drug-likeness (QED) is 0.828. The lowest BCUT2D eigenvalue weighted by Crippen LogP contribution is -2.14. The average molecular weight is 209 g/mol. The number of hydrogen-bond donors (Lipinski definition) is 1. The fraction of sp³-hybridized carbons (Fsp3) is 0.750. The molecule has 0 aliphatic carbocycles. The summed E-state index contributed by atoms with van der Waals surface area (Å²) >= 11 is 0. The second-order valence-corrected chi connectivity index (χ2v) is 4.98. The molecule has 0 atom stereocenters. The first-order valence-electron chi connectivity index (χ1n) is 5.71. The van der Waals surface area contributed by atoms with E-state index >= 15 is 0 Å². The minimum Gasteiger partial charge on any atom is -0.384 e. The molecule has 3 heteroatoms. The summed E-state index contributed by atoms with van der Waals surface area (Å²) in [6.45, 7) is 8.91. The summed E-state index contributed by atoms with van der Waals surface area (Å²) in [5, 5.41) is 4.51. The second-order valence-electron chi connectivity index (χ2n) is 4.98. The van der Waals surface area contributed by atoms with Crippen molar-refractivity contribution in [2.45, 2.75) is 47.0 Å². The fourth-order valence-electron chi connectivity index (χ4n) is 1.74. The van der Waals surface area contributed by atoms with Gasteiger partial charge in [-0.1, -0.05) is 34.1 Å². The predicted octanol–water partition coefficient (Wildman–Crippen LogP) is 2.54. The number of hydrogen-bond acceptors (Lipinski definition) is 2. The Morgan fingerprint density at radius 3 is 2.40 bits per heavy atom. The molecule has 0 amide bonds. The summed E-state index contributed by atoms with van der Waals surface area (Å²) in [6, 6.07) is 0. The van der Waals surface area contributed by atoms with E-state index in [1.165, 1.54) is 11.3 Å². The van der Waals surface area contributed by atoms with Gasteiger partial charge >= 0.3 is 0 Å². The normalized spacial score (nSPS) is 12.1. The molecule has 0 radical (unpaired) electrons. The van der Waals surface area contributed by atoms with Crippen LogP contribution in [-0.2, 0) is 19.9 Å². The van der Waals surface area contributed by atoms with Crippen molar-refractivity contribution >= 4 is 5.82 Å². The monoisotopic (exact) mass is 209 g/mol. The van der Waals surface area contributed by atoms with Crippen molar-refractivity contribution in [2.75, 3.05) is 5.73 Å². The molecule has 0 fully saturated rings. The Hall–Kier alpha value is -0.990. The number of nitrogens with two attached hydrogens (primary N) is 1. The highest BCUT2D eigenvalue weighted by atomic mass is 15.3. The van der Waals surface area contributed by atoms with Crippen LogP contribution < -0.4 is 5.73 Å². The van der Waals surface area contributed by atoms with Crippen molar-refractivity contribution in [3.63, 3.8) is 0 Å². The maximum Gasteiger partial charge on any atom is 0.124 e. The SMILES string of the molecule is CCc1c(CC(C)(C)CC)nn(C)c1N. The van der Waals surface area contributed by atoms with Crippen molar-refractivity contribution in [3.8, 4) is 0 Å². The van der Waals surface area contributed by atoms with Crippen molar-refractivity contribution in [1.29, 1.82) is 0 Å². The van der Waals surface area contributed by atoms with Crippen LogP contribution in [0.4, 0.5) is 5.82 Å². The molecule has 0 saturated carbocycles. The standard InChI is InChI=1S/C12H23N3/c1-6-9-10(8-12(3,4)7-2)14-15(5)11(9)13/h6-8,13H2,1-5H3. The third kappa shape index (κ3) is 2.52. The number of nitrogen functional groups attached to an aromatic ring is 1. The summed E-state index contributed by atoms with van der Waals surface area (Å²) in [6.07, 6.45) is 3.14. The van der Waals surface area contributed by atoms with Crippen LogP contribution in [0.3, 0.4) is 0 Å². The Morgan fingerprint density at radius 2 is 1.93 bits per heavy atom. The lowest BCUT2D eigenvalue weighted by molar-refractivity contribution is 0.343. The first-order valence-corrected chi connectivity index (χ1v) is 5.71. The van der Waals surface area contributed by atoms with Gasteiger partial charge in [-0.05, 0) is 18.3 Å². The fourth-order valence-corrected chi connectivity index (χ4v) is 1.74. The molecule has 0 saturated heterocycles. The van der Waals surface area contributed by atoms with Gasteiger partial charge in [-0.2, -0.15) is 5.10 Å². The van der Waals surface area contributed by atoms with Crippen LogP contribution >= 0.6 is 0 Å². The van der Waals surface area contributed by atoms with Gasteiger partial charge in [0.1, 0.15) is 5.82 Å². The van der Waals surface area contributed by atoms with Crippen molar-refractivity contribution in [3.05, 3.63) is 11.3 Å². The van der Waals surface area contributed by atoms with Gasteiger partial charge in [-0.15, -0.1) is 0 Å².